The monoisotopic (exact) mass is 318 g/mol. The van der Waals surface area contributed by atoms with Crippen molar-refractivity contribution in [2.24, 2.45) is 5.73 Å². The number of para-hydroxylation sites is 1. The van der Waals surface area contributed by atoms with Crippen molar-refractivity contribution in [2.75, 3.05) is 11.6 Å². The molecule has 0 aliphatic rings. The third-order valence-electron chi connectivity index (χ3n) is 2.99. The number of amides is 2. The Morgan fingerprint density at radius 1 is 1.00 bits per heavy atom. The minimum atomic E-state index is -3.32. The molecule has 2 aromatic rings. The molecule has 0 aliphatic carbocycles. The predicted octanol–water partition coefficient (Wildman–Crippen LogP) is 1.44. The molecule has 0 saturated heterocycles. The van der Waals surface area contributed by atoms with E-state index < -0.39 is 21.7 Å². The molecule has 0 aliphatic heterocycles. The van der Waals surface area contributed by atoms with Crippen molar-refractivity contribution in [3.63, 3.8) is 0 Å². The Kier molecular flexibility index (Phi) is 4.27. The van der Waals surface area contributed by atoms with Gasteiger partial charge in [-0.3, -0.25) is 9.59 Å². The van der Waals surface area contributed by atoms with E-state index in [0.717, 1.165) is 6.26 Å². The Bertz CT molecular complexity index is 827. The Morgan fingerprint density at radius 2 is 1.59 bits per heavy atom. The number of benzene rings is 2. The Hall–Kier alpha value is -2.67. The lowest BCUT2D eigenvalue weighted by Gasteiger charge is -2.09. The Balaban J connectivity index is 2.25. The summed E-state index contributed by atoms with van der Waals surface area (Å²) in [5.41, 5.74) is 6.01. The number of primary amides is 1. The molecular weight excluding hydrogens is 304 g/mol. The second kappa shape index (κ2) is 5.98. The van der Waals surface area contributed by atoms with Crippen LogP contribution in [0.2, 0.25) is 0 Å². The molecule has 0 aromatic heterocycles. The third kappa shape index (κ3) is 3.50. The summed E-state index contributed by atoms with van der Waals surface area (Å²) >= 11 is 0. The molecule has 2 amide bonds. The van der Waals surface area contributed by atoms with Crippen LogP contribution in [0, 0.1) is 0 Å². The summed E-state index contributed by atoms with van der Waals surface area (Å²) in [7, 11) is -3.32. The highest BCUT2D eigenvalue weighted by atomic mass is 32.2. The van der Waals surface area contributed by atoms with Gasteiger partial charge in [-0.15, -0.1) is 0 Å². The molecule has 0 saturated carbocycles. The normalized spacial score (nSPS) is 11.0. The van der Waals surface area contributed by atoms with Crippen molar-refractivity contribution in [2.45, 2.75) is 4.90 Å². The highest BCUT2D eigenvalue weighted by Gasteiger charge is 2.13. The number of carbonyl (C=O) groups excluding carboxylic acids is 2. The molecule has 0 radical (unpaired) electrons. The van der Waals surface area contributed by atoms with Crippen molar-refractivity contribution in [3.05, 3.63) is 59.7 Å². The van der Waals surface area contributed by atoms with Gasteiger partial charge in [-0.1, -0.05) is 12.1 Å². The minimum Gasteiger partial charge on any atom is -0.366 e. The molecule has 7 heteroatoms. The first-order chi connectivity index (χ1) is 10.3. The van der Waals surface area contributed by atoms with Crippen molar-refractivity contribution in [1.29, 1.82) is 0 Å². The topological polar surface area (TPSA) is 106 Å². The first-order valence-corrected chi connectivity index (χ1v) is 8.18. The number of nitrogens with one attached hydrogen (secondary N) is 1. The summed E-state index contributed by atoms with van der Waals surface area (Å²) in [6.45, 7) is 0. The quantitative estimate of drug-likeness (QED) is 0.889. The zero-order valence-corrected chi connectivity index (χ0v) is 12.6. The fourth-order valence-corrected chi connectivity index (χ4v) is 2.49. The Labute approximate surface area is 127 Å². The van der Waals surface area contributed by atoms with E-state index in [9.17, 15) is 18.0 Å². The second-order valence-corrected chi connectivity index (χ2v) is 6.68. The van der Waals surface area contributed by atoms with E-state index in [4.69, 9.17) is 5.73 Å². The summed E-state index contributed by atoms with van der Waals surface area (Å²) in [5, 5.41) is 2.58. The highest BCUT2D eigenvalue weighted by Crippen LogP contribution is 2.16. The number of carbonyl (C=O) groups is 2. The van der Waals surface area contributed by atoms with Crippen LogP contribution in [0.3, 0.4) is 0 Å². The highest BCUT2D eigenvalue weighted by molar-refractivity contribution is 7.90. The molecule has 0 bridgehead atoms. The summed E-state index contributed by atoms with van der Waals surface area (Å²) in [6, 6.07) is 11.9. The van der Waals surface area contributed by atoms with E-state index >= 15 is 0 Å². The molecule has 0 fully saturated rings. The average molecular weight is 318 g/mol. The van der Waals surface area contributed by atoms with Gasteiger partial charge in [-0.05, 0) is 36.4 Å². The molecule has 0 heterocycles. The standard InChI is InChI=1S/C15H14N2O4S/c1-22(20,21)11-8-6-10(7-9-11)15(19)17-13-5-3-2-4-12(13)14(16)18/h2-9H,1H3,(H2,16,18)(H,17,19). The van der Waals surface area contributed by atoms with Gasteiger partial charge in [0.1, 0.15) is 0 Å². The Morgan fingerprint density at radius 3 is 2.14 bits per heavy atom. The summed E-state index contributed by atoms with van der Waals surface area (Å²) in [4.78, 5) is 23.6. The number of sulfone groups is 1. The van der Waals surface area contributed by atoms with Crippen LogP contribution < -0.4 is 11.1 Å². The van der Waals surface area contributed by atoms with Gasteiger partial charge in [-0.25, -0.2) is 8.42 Å². The maximum atomic E-state index is 12.1. The van der Waals surface area contributed by atoms with Crippen molar-refractivity contribution < 1.29 is 18.0 Å². The molecule has 0 unspecified atom stereocenters. The number of rotatable bonds is 4. The SMILES string of the molecule is CS(=O)(=O)c1ccc(C(=O)Nc2ccccc2C(N)=O)cc1. The maximum Gasteiger partial charge on any atom is 0.255 e. The molecule has 2 aromatic carbocycles. The largest absolute Gasteiger partial charge is 0.366 e. The molecule has 3 N–H and O–H groups in total. The van der Waals surface area contributed by atoms with E-state index in [1.54, 1.807) is 18.2 Å². The van der Waals surface area contributed by atoms with Crippen LogP contribution in [-0.4, -0.2) is 26.5 Å². The minimum absolute atomic E-state index is 0.126. The summed E-state index contributed by atoms with van der Waals surface area (Å²) in [6.07, 6.45) is 1.09. The number of nitrogens with two attached hydrogens (primary N) is 1. The number of anilines is 1. The van der Waals surface area contributed by atoms with Gasteiger partial charge < -0.3 is 11.1 Å². The zero-order valence-electron chi connectivity index (χ0n) is 11.7. The lowest BCUT2D eigenvalue weighted by atomic mass is 10.1. The first-order valence-electron chi connectivity index (χ1n) is 6.29. The van der Waals surface area contributed by atoms with Crippen LogP contribution in [0.25, 0.3) is 0 Å². The number of hydrogen-bond acceptors (Lipinski definition) is 4. The molecule has 6 nitrogen and oxygen atoms in total. The van der Waals surface area contributed by atoms with Crippen LogP contribution in [0.15, 0.2) is 53.4 Å². The molecular formula is C15H14N2O4S. The predicted molar refractivity (Wildman–Crippen MR) is 82.5 cm³/mol. The van der Waals surface area contributed by atoms with Crippen molar-refractivity contribution in [3.8, 4) is 0 Å². The van der Waals surface area contributed by atoms with Crippen LogP contribution >= 0.6 is 0 Å². The van der Waals surface area contributed by atoms with Crippen molar-refractivity contribution in [1.82, 2.24) is 0 Å². The van der Waals surface area contributed by atoms with Crippen LogP contribution in [-0.2, 0) is 9.84 Å². The van der Waals surface area contributed by atoms with E-state index in [1.807, 2.05) is 0 Å². The van der Waals surface area contributed by atoms with Gasteiger partial charge in [0.05, 0.1) is 16.1 Å². The second-order valence-electron chi connectivity index (χ2n) is 4.66. The smallest absolute Gasteiger partial charge is 0.255 e. The average Bonchev–Trinajstić information content (AvgIpc) is 2.46. The fraction of sp³-hybridized carbons (Fsp3) is 0.0667. The first kappa shape index (κ1) is 15.7. The molecule has 22 heavy (non-hydrogen) atoms. The molecule has 0 spiro atoms. The van der Waals surface area contributed by atoms with E-state index in [2.05, 4.69) is 5.32 Å². The zero-order chi connectivity index (χ0) is 16.3. The van der Waals surface area contributed by atoms with Crippen molar-refractivity contribution >= 4 is 27.3 Å². The van der Waals surface area contributed by atoms with Gasteiger partial charge in [-0.2, -0.15) is 0 Å². The van der Waals surface area contributed by atoms with Gasteiger partial charge in [0, 0.05) is 11.8 Å². The lowest BCUT2D eigenvalue weighted by Crippen LogP contribution is -2.18. The summed E-state index contributed by atoms with van der Waals surface area (Å²) < 4.78 is 22.7. The van der Waals surface area contributed by atoms with Gasteiger partial charge in [0.25, 0.3) is 11.8 Å². The number of hydrogen-bond donors (Lipinski definition) is 2. The van der Waals surface area contributed by atoms with E-state index in [1.165, 1.54) is 30.3 Å². The maximum absolute atomic E-state index is 12.1. The molecule has 0 atom stereocenters. The lowest BCUT2D eigenvalue weighted by molar-refractivity contribution is 0.100. The van der Waals surface area contributed by atoms with Crippen LogP contribution in [0.5, 0.6) is 0 Å². The van der Waals surface area contributed by atoms with E-state index in [-0.39, 0.29) is 16.0 Å². The van der Waals surface area contributed by atoms with Gasteiger partial charge in [0.15, 0.2) is 9.84 Å². The third-order valence-corrected chi connectivity index (χ3v) is 4.11. The van der Waals surface area contributed by atoms with Gasteiger partial charge in [0.2, 0.25) is 0 Å². The molecule has 2 rings (SSSR count). The van der Waals surface area contributed by atoms with E-state index in [0.29, 0.717) is 5.69 Å². The van der Waals surface area contributed by atoms with Gasteiger partial charge >= 0.3 is 0 Å². The fourth-order valence-electron chi connectivity index (χ4n) is 1.85. The summed E-state index contributed by atoms with van der Waals surface area (Å²) in [5.74, 6) is -1.11. The molecule has 114 valence electrons. The van der Waals surface area contributed by atoms with Crippen LogP contribution in [0.4, 0.5) is 5.69 Å². The van der Waals surface area contributed by atoms with Crippen LogP contribution in [0.1, 0.15) is 20.7 Å².